The van der Waals surface area contributed by atoms with Gasteiger partial charge < -0.3 is 19.0 Å². The predicted molar refractivity (Wildman–Crippen MR) is 246 cm³/mol. The first-order chi connectivity index (χ1) is 32.9. The average molecular weight is 863 g/mol. The van der Waals surface area contributed by atoms with Crippen molar-refractivity contribution in [3.8, 4) is 0 Å². The molecule has 9 nitrogen and oxygen atoms in total. The fraction of sp³-hybridized carbons (Fsp3) is 0.882. The van der Waals surface area contributed by atoms with Crippen LogP contribution in [0.5, 0.6) is 0 Å². The summed E-state index contributed by atoms with van der Waals surface area (Å²) in [6.07, 6.45) is 15.0. The second-order valence-electron chi connectivity index (χ2n) is 18.1. The number of hydrogen-bond donors (Lipinski definition) is 0. The number of carbonyl (C=O) groups is 6. The second-order valence-corrected chi connectivity index (χ2v) is 18.1. The third-order valence-corrected chi connectivity index (χ3v) is 11.0. The summed E-state index contributed by atoms with van der Waals surface area (Å²) in [7, 11) is 0. The van der Waals surface area contributed by atoms with Gasteiger partial charge in [-0.3, -0.25) is 24.0 Å². The molecule has 9 heteroatoms. The summed E-state index contributed by atoms with van der Waals surface area (Å²) in [6, 6.07) is 0. The summed E-state index contributed by atoms with van der Waals surface area (Å²) in [5.41, 5.74) is -5.03. The maximum atomic E-state index is 12.6. The molecule has 0 heterocycles. The fourth-order valence-corrected chi connectivity index (χ4v) is 7.93. The van der Waals surface area contributed by atoms with E-state index < -0.39 is 90.4 Å². The van der Waals surface area contributed by atoms with Crippen LogP contribution in [0.15, 0.2) is 0 Å². The molecule has 0 saturated heterocycles. The zero-order valence-electron chi connectivity index (χ0n) is 51.5. The first-order valence-electron chi connectivity index (χ1n) is 28.9. The highest BCUT2D eigenvalue weighted by atomic mass is 16.6. The largest absolute Gasteiger partial charge is 0.466 e. The van der Waals surface area contributed by atoms with Gasteiger partial charge in [0.05, 0.1) is 32.2 Å². The van der Waals surface area contributed by atoms with E-state index in [0.717, 1.165) is 89.9 Å². The number of carbonyl (C=O) groups excluding carboxylic acids is 6. The van der Waals surface area contributed by atoms with Crippen molar-refractivity contribution in [2.24, 2.45) is 33.5 Å². The highest BCUT2D eigenvalue weighted by Crippen LogP contribution is 2.36. The summed E-state index contributed by atoms with van der Waals surface area (Å²) in [6.45, 7) is 6.10. The van der Waals surface area contributed by atoms with Gasteiger partial charge in [0.1, 0.15) is 17.3 Å². The molecule has 0 aromatic rings. The molecule has 60 heavy (non-hydrogen) atoms. The van der Waals surface area contributed by atoms with Crippen molar-refractivity contribution in [3.05, 3.63) is 0 Å². The Morgan fingerprint density at radius 2 is 0.750 bits per heavy atom. The number of unbranched alkanes of at least 4 members (excludes halogenated alkanes) is 14. The summed E-state index contributed by atoms with van der Waals surface area (Å²) < 4.78 is 110. The Balaban J connectivity index is 0. The number of hydrogen-bond acceptors (Lipinski definition) is 9. The van der Waals surface area contributed by atoms with Gasteiger partial charge in [-0.1, -0.05) is 158 Å². The van der Waals surface area contributed by atoms with Gasteiger partial charge in [0, 0.05) is 22.9 Å². The molecule has 0 aromatic carbocycles. The van der Waals surface area contributed by atoms with Crippen LogP contribution < -0.4 is 0 Å². The van der Waals surface area contributed by atoms with Crippen LogP contribution in [0, 0.1) is 33.5 Å². The molecule has 0 saturated carbocycles. The molecule has 0 aromatic heterocycles. The summed E-state index contributed by atoms with van der Waals surface area (Å²) in [5, 5.41) is 0. The van der Waals surface area contributed by atoms with Crippen LogP contribution in [0.3, 0.4) is 0 Å². The average Bonchev–Trinajstić information content (AvgIpc) is 3.20. The van der Waals surface area contributed by atoms with Crippen LogP contribution in [0.2, 0.25) is 0 Å². The van der Waals surface area contributed by atoms with Crippen LogP contribution >= 0.6 is 0 Å². The minimum Gasteiger partial charge on any atom is -0.466 e. The number of ketones is 3. The SMILES string of the molecule is [2H]C([2H])([2H])C(C)(CCCCCCCCCCC(C)(C(C(=O)OCC)C(=O)OCC)C([2H])([2H])[2H])C(C(C)=O)C(C)=O.[2H]C([2H])([2H])C(C)(CCCCCCCCCCC(C)(CC(=O)OCC)C([2H])([2H])[2H])CC(C)=O. The van der Waals surface area contributed by atoms with Gasteiger partial charge >= 0.3 is 17.9 Å². The Bertz CT molecular complexity index is 1610. The number of ether oxygens (including phenoxy) is 3. The van der Waals surface area contributed by atoms with Crippen molar-refractivity contribution in [1.29, 1.82) is 0 Å². The van der Waals surface area contributed by atoms with E-state index in [1.165, 1.54) is 34.6 Å². The maximum absolute atomic E-state index is 12.6. The van der Waals surface area contributed by atoms with Crippen molar-refractivity contribution in [2.75, 3.05) is 19.8 Å². The molecule has 0 spiro atoms. The lowest BCUT2D eigenvalue weighted by atomic mass is 9.71. The first-order valence-corrected chi connectivity index (χ1v) is 22.9. The lowest BCUT2D eigenvalue weighted by Crippen LogP contribution is -2.39. The van der Waals surface area contributed by atoms with Crippen molar-refractivity contribution in [2.45, 2.75) is 238 Å². The first kappa shape index (κ1) is 40.2. The zero-order valence-corrected chi connectivity index (χ0v) is 39.5. The number of rotatable bonds is 35. The second kappa shape index (κ2) is 32.1. The molecule has 4 atom stereocenters. The normalized spacial score (nSPS) is 19.2. The van der Waals surface area contributed by atoms with Crippen molar-refractivity contribution in [3.63, 3.8) is 0 Å². The third kappa shape index (κ3) is 29.6. The van der Waals surface area contributed by atoms with Gasteiger partial charge in [0.2, 0.25) is 0 Å². The van der Waals surface area contributed by atoms with E-state index >= 15 is 0 Å². The van der Waals surface area contributed by atoms with Crippen LogP contribution in [-0.4, -0.2) is 55.1 Å². The molecule has 0 N–H and O–H groups in total. The summed E-state index contributed by atoms with van der Waals surface area (Å²) >= 11 is 0. The fourth-order valence-electron chi connectivity index (χ4n) is 7.93. The van der Waals surface area contributed by atoms with Gasteiger partial charge in [0.25, 0.3) is 0 Å². The molecule has 4 unspecified atom stereocenters. The molecule has 0 amide bonds. The van der Waals surface area contributed by atoms with E-state index in [1.807, 2.05) is 0 Å². The summed E-state index contributed by atoms with van der Waals surface area (Å²) in [4.78, 5) is 72.6. The van der Waals surface area contributed by atoms with E-state index in [9.17, 15) is 28.8 Å². The monoisotopic (exact) mass is 863 g/mol. The highest BCUT2D eigenvalue weighted by molar-refractivity contribution is 6.01. The lowest BCUT2D eigenvalue weighted by Gasteiger charge is -2.31. The van der Waals surface area contributed by atoms with Crippen LogP contribution in [-0.2, 0) is 43.0 Å². The lowest BCUT2D eigenvalue weighted by molar-refractivity contribution is -0.168. The Kier molecular flexibility index (Phi) is 21.5. The van der Waals surface area contributed by atoms with Gasteiger partial charge in [-0.25, -0.2) is 0 Å². The van der Waals surface area contributed by atoms with Gasteiger partial charge in [-0.05, 0) is 88.9 Å². The van der Waals surface area contributed by atoms with E-state index in [2.05, 4.69) is 0 Å². The zero-order chi connectivity index (χ0) is 56.4. The van der Waals surface area contributed by atoms with Gasteiger partial charge in [0.15, 0.2) is 5.92 Å². The number of esters is 3. The Labute approximate surface area is 385 Å². The van der Waals surface area contributed by atoms with Gasteiger partial charge in [-0.15, -0.1) is 0 Å². The van der Waals surface area contributed by atoms with Crippen molar-refractivity contribution in [1.82, 2.24) is 0 Å². The van der Waals surface area contributed by atoms with Crippen LogP contribution in [0.25, 0.3) is 0 Å². The Morgan fingerprint density at radius 1 is 0.433 bits per heavy atom. The molecule has 0 bridgehead atoms. The standard InChI is InChI=1S/C28H50O6.C23H44O3/c1-9-33-25(31)24(26(32)34-10-2)28(7,8)20-18-16-14-12-11-13-15-17-19-27(5,6)23(21(3)29)22(4)30;1-7-26-21(25)19-23(5,6)17-15-13-11-9-8-10-12-14-16-22(3,4)18-20(2)24/h23-24H,9-20H2,1-8H3;7-19H2,1-6H3/i5D3,7D3;3D3,5D3. The Hall–Kier alpha value is -2.58. The Morgan fingerprint density at radius 3 is 1.05 bits per heavy atom. The maximum Gasteiger partial charge on any atom is 0.320 e. The molecule has 0 rings (SSSR count). The van der Waals surface area contributed by atoms with E-state index in [1.54, 1.807) is 34.6 Å². The minimum absolute atomic E-state index is 0.0231. The molecule has 352 valence electrons. The molecule has 0 aliphatic heterocycles. The van der Waals surface area contributed by atoms with Crippen LogP contribution in [0.4, 0.5) is 0 Å². The van der Waals surface area contributed by atoms with E-state index in [4.69, 9.17) is 30.7 Å². The quantitative estimate of drug-likeness (QED) is 0.0264. The molecular weight excluding hydrogens is 757 g/mol. The van der Waals surface area contributed by atoms with E-state index in [-0.39, 0.29) is 51.3 Å². The minimum atomic E-state index is -2.58. The van der Waals surface area contributed by atoms with Gasteiger partial charge in [-0.2, -0.15) is 0 Å². The van der Waals surface area contributed by atoms with Crippen molar-refractivity contribution < 1.29 is 59.4 Å². The molecule has 0 aliphatic rings. The van der Waals surface area contributed by atoms with Crippen LogP contribution in [0.1, 0.15) is 254 Å². The van der Waals surface area contributed by atoms with E-state index in [0.29, 0.717) is 25.7 Å². The molecular formula is C51H94O9. The smallest absolute Gasteiger partial charge is 0.320 e. The molecule has 0 fully saturated rings. The third-order valence-electron chi connectivity index (χ3n) is 11.0. The predicted octanol–water partition coefficient (Wildman–Crippen LogP) is 13.3. The summed E-state index contributed by atoms with van der Waals surface area (Å²) in [5.74, 6) is -5.82. The molecule has 0 aliphatic carbocycles. The topological polar surface area (TPSA) is 130 Å². The highest BCUT2D eigenvalue weighted by Gasteiger charge is 2.43. The number of Topliss-reactive ketones (excluding diaryl/α,β-unsaturated/α-hetero) is 3. The van der Waals surface area contributed by atoms with Crippen molar-refractivity contribution >= 4 is 35.3 Å². The molecule has 0 radical (unpaired) electrons.